The summed E-state index contributed by atoms with van der Waals surface area (Å²) in [5.41, 5.74) is 1.41. The molecule has 2 aromatic carbocycles. The van der Waals surface area contributed by atoms with Gasteiger partial charge in [-0.15, -0.1) is 0 Å². The smallest absolute Gasteiger partial charge is 0.263 e. The number of carbonyl (C=O) groups is 1. The Balaban J connectivity index is 1.80. The van der Waals surface area contributed by atoms with Gasteiger partial charge in [-0.25, -0.2) is 23.1 Å². The Kier molecular flexibility index (Phi) is 5.60. The third-order valence-corrected chi connectivity index (χ3v) is 5.52. The van der Waals surface area contributed by atoms with Crippen LogP contribution in [0.15, 0.2) is 46.9 Å². The monoisotopic (exact) mass is 443 g/mol. The number of hydrogen-bond donors (Lipinski definition) is 1. The fourth-order valence-corrected chi connectivity index (χ4v) is 4.10. The second-order valence-corrected chi connectivity index (χ2v) is 7.73. The maximum Gasteiger partial charge on any atom is 0.263 e. The Hall–Kier alpha value is -3.46. The zero-order valence-corrected chi connectivity index (χ0v) is 17.3. The van der Waals surface area contributed by atoms with Crippen LogP contribution in [0.3, 0.4) is 0 Å². The molecule has 4 aromatic rings. The third-order valence-electron chi connectivity index (χ3n) is 4.50. The summed E-state index contributed by atoms with van der Waals surface area (Å²) in [6.07, 6.45) is 0. The Bertz CT molecular complexity index is 1260. The topological polar surface area (TPSA) is 68.0 Å². The van der Waals surface area contributed by atoms with E-state index < -0.39 is 29.8 Å². The van der Waals surface area contributed by atoms with E-state index in [4.69, 9.17) is 4.42 Å². The molecule has 5 nitrogen and oxygen atoms in total. The first-order chi connectivity index (χ1) is 14.9. The van der Waals surface area contributed by atoms with Crippen LogP contribution in [0.5, 0.6) is 0 Å². The maximum absolute atomic E-state index is 14.0. The van der Waals surface area contributed by atoms with E-state index in [1.807, 2.05) is 0 Å². The fourth-order valence-electron chi connectivity index (χ4n) is 3.14. The highest BCUT2D eigenvalue weighted by Gasteiger charge is 2.24. The van der Waals surface area contributed by atoms with Gasteiger partial charge in [0.05, 0.1) is 10.6 Å². The zero-order chi connectivity index (χ0) is 22.1. The molecule has 0 aliphatic heterocycles. The minimum Gasteiger partial charge on any atom is -0.439 e. The Morgan fingerprint density at radius 3 is 2.45 bits per heavy atom. The summed E-state index contributed by atoms with van der Waals surface area (Å²) in [6.45, 7) is 2.80. The third kappa shape index (κ3) is 4.09. The lowest BCUT2D eigenvalue weighted by molar-refractivity contribution is 0.101. The summed E-state index contributed by atoms with van der Waals surface area (Å²) in [5.74, 6) is -2.10. The lowest BCUT2D eigenvalue weighted by Crippen LogP contribution is -2.15. The maximum atomic E-state index is 14.0. The normalized spacial score (nSPS) is 11.0. The van der Waals surface area contributed by atoms with Crippen LogP contribution in [-0.2, 0) is 6.67 Å². The highest BCUT2D eigenvalue weighted by molar-refractivity contribution is 7.19. The molecule has 0 atom stereocenters. The van der Waals surface area contributed by atoms with Crippen molar-refractivity contribution < 1.29 is 22.4 Å². The number of halogens is 3. The number of aromatic nitrogens is 2. The highest BCUT2D eigenvalue weighted by atomic mass is 32.1. The molecule has 0 aliphatic rings. The Labute approximate surface area is 179 Å². The van der Waals surface area contributed by atoms with Gasteiger partial charge in [0.1, 0.15) is 29.6 Å². The van der Waals surface area contributed by atoms with E-state index in [2.05, 4.69) is 15.3 Å². The van der Waals surface area contributed by atoms with Crippen molar-refractivity contribution in [3.63, 3.8) is 0 Å². The van der Waals surface area contributed by atoms with Crippen molar-refractivity contribution in [2.75, 3.05) is 5.32 Å². The molecule has 158 valence electrons. The minimum atomic E-state index is -0.980. The molecule has 0 spiro atoms. The number of rotatable bonds is 5. The quantitative estimate of drug-likeness (QED) is 0.406. The number of hydrogen-bond acceptors (Lipinski definition) is 5. The predicted octanol–water partition coefficient (Wildman–Crippen LogP) is 6.08. The van der Waals surface area contributed by atoms with Crippen LogP contribution in [0, 0.1) is 25.5 Å². The second kappa shape index (κ2) is 8.35. The Morgan fingerprint density at radius 1 is 1.10 bits per heavy atom. The lowest BCUT2D eigenvalue weighted by atomic mass is 10.1. The van der Waals surface area contributed by atoms with Gasteiger partial charge in [0.15, 0.2) is 16.8 Å². The van der Waals surface area contributed by atoms with Crippen LogP contribution >= 0.6 is 11.3 Å². The van der Waals surface area contributed by atoms with Crippen molar-refractivity contribution in [1.82, 2.24) is 9.97 Å². The minimum absolute atomic E-state index is 0.108. The average Bonchev–Trinajstić information content (AvgIpc) is 3.30. The molecule has 1 amide bonds. The molecule has 0 fully saturated rings. The predicted molar refractivity (Wildman–Crippen MR) is 112 cm³/mol. The standard InChI is InChI=1S/C22H16F3N3O2S/c1-11-19(30-12(2)26-11)18-20(14-6-3-5-13(9-14)10-23)31-22(27-18)28-21(29)17-15(24)7-4-8-16(17)25/h3-9H,10H2,1-2H3,(H,27,28,29). The summed E-state index contributed by atoms with van der Waals surface area (Å²) in [7, 11) is 0. The van der Waals surface area contributed by atoms with Gasteiger partial charge in [0.25, 0.3) is 5.91 Å². The lowest BCUT2D eigenvalue weighted by Gasteiger charge is -2.04. The Morgan fingerprint density at radius 2 is 1.81 bits per heavy atom. The number of aryl methyl sites for hydroxylation is 2. The number of nitrogens with zero attached hydrogens (tertiary/aromatic N) is 2. The molecule has 0 aliphatic carbocycles. The van der Waals surface area contributed by atoms with Gasteiger partial charge in [-0.3, -0.25) is 10.1 Å². The van der Waals surface area contributed by atoms with Crippen LogP contribution in [0.25, 0.3) is 21.9 Å². The number of benzene rings is 2. The van der Waals surface area contributed by atoms with Gasteiger partial charge < -0.3 is 4.42 Å². The van der Waals surface area contributed by atoms with Crippen LogP contribution in [0.2, 0.25) is 0 Å². The summed E-state index contributed by atoms with van der Waals surface area (Å²) in [4.78, 5) is 21.8. The van der Waals surface area contributed by atoms with Crippen molar-refractivity contribution in [2.24, 2.45) is 0 Å². The highest BCUT2D eigenvalue weighted by Crippen LogP contribution is 2.41. The van der Waals surface area contributed by atoms with Crippen molar-refractivity contribution in [1.29, 1.82) is 0 Å². The molecule has 0 bridgehead atoms. The van der Waals surface area contributed by atoms with Gasteiger partial charge in [-0.1, -0.05) is 35.6 Å². The van der Waals surface area contributed by atoms with Crippen LogP contribution in [-0.4, -0.2) is 15.9 Å². The van der Waals surface area contributed by atoms with E-state index in [0.717, 1.165) is 23.5 Å². The first-order valence-corrected chi connectivity index (χ1v) is 10.0. The molecular weight excluding hydrogens is 427 g/mol. The largest absolute Gasteiger partial charge is 0.439 e. The SMILES string of the molecule is Cc1nc(C)c(-c2nc(NC(=O)c3c(F)cccc3F)sc2-c2cccc(CF)c2)o1. The van der Waals surface area contributed by atoms with Crippen molar-refractivity contribution in [3.8, 4) is 21.9 Å². The molecule has 0 radical (unpaired) electrons. The van der Waals surface area contributed by atoms with Crippen LogP contribution in [0.1, 0.15) is 27.5 Å². The summed E-state index contributed by atoms with van der Waals surface area (Å²) in [6, 6.07) is 9.97. The van der Waals surface area contributed by atoms with E-state index in [0.29, 0.717) is 39.0 Å². The van der Waals surface area contributed by atoms with Gasteiger partial charge in [0, 0.05) is 6.92 Å². The molecule has 0 unspecified atom stereocenters. The first-order valence-electron chi connectivity index (χ1n) is 9.23. The van der Waals surface area contributed by atoms with Gasteiger partial charge in [0.2, 0.25) is 0 Å². The van der Waals surface area contributed by atoms with E-state index in [9.17, 15) is 18.0 Å². The summed E-state index contributed by atoms with van der Waals surface area (Å²) < 4.78 is 46.8. The second-order valence-electron chi connectivity index (χ2n) is 6.73. The van der Waals surface area contributed by atoms with E-state index >= 15 is 0 Å². The van der Waals surface area contributed by atoms with E-state index in [1.165, 1.54) is 6.07 Å². The van der Waals surface area contributed by atoms with Crippen LogP contribution < -0.4 is 5.32 Å². The van der Waals surface area contributed by atoms with Crippen molar-refractivity contribution >= 4 is 22.4 Å². The number of amides is 1. The molecule has 9 heteroatoms. The number of thiazole rings is 1. The van der Waals surface area contributed by atoms with Gasteiger partial charge in [-0.2, -0.15) is 0 Å². The summed E-state index contributed by atoms with van der Waals surface area (Å²) in [5, 5.41) is 2.56. The molecular formula is C22H16F3N3O2S. The molecule has 0 saturated carbocycles. The molecule has 31 heavy (non-hydrogen) atoms. The number of anilines is 1. The fraction of sp³-hybridized carbons (Fsp3) is 0.136. The van der Waals surface area contributed by atoms with Crippen molar-refractivity contribution in [3.05, 3.63) is 76.8 Å². The molecule has 4 rings (SSSR count). The molecule has 2 aromatic heterocycles. The van der Waals surface area contributed by atoms with Gasteiger partial charge in [-0.05, 0) is 36.2 Å². The zero-order valence-electron chi connectivity index (χ0n) is 16.5. The number of carbonyl (C=O) groups excluding carboxylic acids is 1. The average molecular weight is 443 g/mol. The number of oxazole rings is 1. The van der Waals surface area contributed by atoms with Crippen LogP contribution in [0.4, 0.5) is 18.3 Å². The first kappa shape index (κ1) is 20.8. The number of nitrogens with one attached hydrogen (secondary N) is 1. The molecule has 1 N–H and O–H groups in total. The van der Waals surface area contributed by atoms with E-state index in [1.54, 1.807) is 38.1 Å². The summed E-state index contributed by atoms with van der Waals surface area (Å²) >= 11 is 1.08. The van der Waals surface area contributed by atoms with Crippen molar-refractivity contribution in [2.45, 2.75) is 20.5 Å². The van der Waals surface area contributed by atoms with E-state index in [-0.39, 0.29) is 5.13 Å². The van der Waals surface area contributed by atoms with Gasteiger partial charge >= 0.3 is 0 Å². The number of alkyl halides is 1. The molecule has 2 heterocycles. The molecule has 0 saturated heterocycles.